The minimum Gasteiger partial charge on any atom is -0.377 e. The van der Waals surface area contributed by atoms with Gasteiger partial charge in [0, 0.05) is 38.9 Å². The molecule has 0 aromatic heterocycles. The quantitative estimate of drug-likeness (QED) is 0.800. The smallest absolute Gasteiger partial charge is 0.246 e. The van der Waals surface area contributed by atoms with E-state index in [9.17, 15) is 4.79 Å². The monoisotopic (exact) mass is 314 g/mol. The molecule has 0 saturated carbocycles. The standard InChI is InChI=1S/C19H26N2O2/c22-19(10-9-17-6-2-1-3-7-17)21-12-5-11-20(13-14-21)16-18-8-4-15-23-18/h1-3,6-7,9-10,18H,4-5,8,11-16H2. The molecule has 124 valence electrons. The molecule has 0 radical (unpaired) electrons. The molecule has 2 saturated heterocycles. The van der Waals surface area contributed by atoms with Crippen LogP contribution >= 0.6 is 0 Å². The number of nitrogens with zero attached hydrogens (tertiary/aromatic N) is 2. The van der Waals surface area contributed by atoms with Crippen molar-refractivity contribution < 1.29 is 9.53 Å². The van der Waals surface area contributed by atoms with Crippen molar-refractivity contribution in [1.82, 2.24) is 9.80 Å². The maximum atomic E-state index is 12.4. The Morgan fingerprint density at radius 2 is 2.00 bits per heavy atom. The zero-order valence-electron chi connectivity index (χ0n) is 13.7. The van der Waals surface area contributed by atoms with Crippen LogP contribution in [0.5, 0.6) is 0 Å². The number of rotatable bonds is 4. The van der Waals surface area contributed by atoms with Crippen LogP contribution in [0.4, 0.5) is 0 Å². The Morgan fingerprint density at radius 3 is 2.78 bits per heavy atom. The maximum absolute atomic E-state index is 12.4. The van der Waals surface area contributed by atoms with E-state index in [1.807, 2.05) is 41.3 Å². The minimum atomic E-state index is 0.118. The van der Waals surface area contributed by atoms with Gasteiger partial charge in [-0.05, 0) is 37.4 Å². The van der Waals surface area contributed by atoms with Gasteiger partial charge in [0.1, 0.15) is 0 Å². The highest BCUT2D eigenvalue weighted by Gasteiger charge is 2.22. The lowest BCUT2D eigenvalue weighted by molar-refractivity contribution is -0.125. The number of hydrogen-bond donors (Lipinski definition) is 0. The van der Waals surface area contributed by atoms with Crippen LogP contribution in [0.3, 0.4) is 0 Å². The maximum Gasteiger partial charge on any atom is 0.246 e. The number of amides is 1. The van der Waals surface area contributed by atoms with E-state index < -0.39 is 0 Å². The third-order valence-electron chi connectivity index (χ3n) is 4.60. The molecule has 1 aromatic rings. The highest BCUT2D eigenvalue weighted by atomic mass is 16.5. The van der Waals surface area contributed by atoms with Crippen LogP contribution < -0.4 is 0 Å². The van der Waals surface area contributed by atoms with Crippen molar-refractivity contribution in [3.05, 3.63) is 42.0 Å². The second-order valence-corrected chi connectivity index (χ2v) is 6.36. The van der Waals surface area contributed by atoms with Gasteiger partial charge in [-0.1, -0.05) is 30.3 Å². The summed E-state index contributed by atoms with van der Waals surface area (Å²) < 4.78 is 5.72. The Bertz CT molecular complexity index is 523. The van der Waals surface area contributed by atoms with E-state index in [1.165, 1.54) is 12.8 Å². The summed E-state index contributed by atoms with van der Waals surface area (Å²) in [6.07, 6.45) is 7.40. The molecule has 0 N–H and O–H groups in total. The number of carbonyl (C=O) groups is 1. The van der Waals surface area contributed by atoms with Gasteiger partial charge in [0.15, 0.2) is 0 Å². The summed E-state index contributed by atoms with van der Waals surface area (Å²) in [5, 5.41) is 0. The highest BCUT2D eigenvalue weighted by Crippen LogP contribution is 2.15. The number of hydrogen-bond acceptors (Lipinski definition) is 3. The second-order valence-electron chi connectivity index (χ2n) is 6.36. The predicted octanol–water partition coefficient (Wildman–Crippen LogP) is 2.41. The molecule has 1 amide bonds. The number of benzene rings is 1. The lowest BCUT2D eigenvalue weighted by atomic mass is 10.2. The van der Waals surface area contributed by atoms with Crippen LogP contribution in [0.15, 0.2) is 36.4 Å². The summed E-state index contributed by atoms with van der Waals surface area (Å²) >= 11 is 0. The molecule has 23 heavy (non-hydrogen) atoms. The highest BCUT2D eigenvalue weighted by molar-refractivity contribution is 5.91. The molecule has 2 aliphatic heterocycles. The van der Waals surface area contributed by atoms with Gasteiger partial charge in [0.2, 0.25) is 5.91 Å². The molecule has 0 aliphatic carbocycles. The largest absolute Gasteiger partial charge is 0.377 e. The summed E-state index contributed by atoms with van der Waals surface area (Å²) in [7, 11) is 0. The molecule has 1 aromatic carbocycles. The van der Waals surface area contributed by atoms with E-state index in [1.54, 1.807) is 6.08 Å². The van der Waals surface area contributed by atoms with Gasteiger partial charge >= 0.3 is 0 Å². The van der Waals surface area contributed by atoms with Crippen LogP contribution in [0.25, 0.3) is 6.08 Å². The average molecular weight is 314 g/mol. The van der Waals surface area contributed by atoms with Gasteiger partial charge in [0.05, 0.1) is 6.10 Å². The van der Waals surface area contributed by atoms with Crippen LogP contribution in [-0.4, -0.2) is 61.1 Å². The van der Waals surface area contributed by atoms with Crippen LogP contribution in [0.2, 0.25) is 0 Å². The Morgan fingerprint density at radius 1 is 1.13 bits per heavy atom. The van der Waals surface area contributed by atoms with Crippen LogP contribution in [0, 0.1) is 0 Å². The lowest BCUT2D eigenvalue weighted by Crippen LogP contribution is -2.37. The van der Waals surface area contributed by atoms with Gasteiger partial charge in [-0.25, -0.2) is 0 Å². The summed E-state index contributed by atoms with van der Waals surface area (Å²) in [5.74, 6) is 0.118. The van der Waals surface area contributed by atoms with Crippen molar-refractivity contribution in [2.24, 2.45) is 0 Å². The van der Waals surface area contributed by atoms with Crippen molar-refractivity contribution in [2.45, 2.75) is 25.4 Å². The van der Waals surface area contributed by atoms with Crippen molar-refractivity contribution in [3.63, 3.8) is 0 Å². The number of carbonyl (C=O) groups excluding carboxylic acids is 1. The third kappa shape index (κ3) is 4.91. The molecular formula is C19H26N2O2. The average Bonchev–Trinajstić information content (AvgIpc) is 2.98. The molecule has 2 fully saturated rings. The first-order valence-corrected chi connectivity index (χ1v) is 8.67. The topological polar surface area (TPSA) is 32.8 Å². The van der Waals surface area contributed by atoms with Gasteiger partial charge in [-0.2, -0.15) is 0 Å². The number of ether oxygens (including phenoxy) is 1. The Balaban J connectivity index is 1.49. The van der Waals surface area contributed by atoms with Crippen molar-refractivity contribution in [3.8, 4) is 0 Å². The van der Waals surface area contributed by atoms with Gasteiger partial charge < -0.3 is 9.64 Å². The SMILES string of the molecule is O=C(C=Cc1ccccc1)N1CCCN(CC2CCCO2)CC1. The van der Waals surface area contributed by atoms with E-state index >= 15 is 0 Å². The fourth-order valence-electron chi connectivity index (χ4n) is 3.29. The zero-order valence-corrected chi connectivity index (χ0v) is 13.7. The summed E-state index contributed by atoms with van der Waals surface area (Å²) in [4.78, 5) is 16.8. The van der Waals surface area contributed by atoms with Gasteiger partial charge in [0.25, 0.3) is 0 Å². The molecule has 2 aliphatic rings. The van der Waals surface area contributed by atoms with E-state index in [2.05, 4.69) is 4.90 Å². The Hall–Kier alpha value is -1.65. The van der Waals surface area contributed by atoms with E-state index in [0.717, 1.165) is 51.3 Å². The molecule has 4 nitrogen and oxygen atoms in total. The van der Waals surface area contributed by atoms with Crippen LogP contribution in [-0.2, 0) is 9.53 Å². The van der Waals surface area contributed by atoms with E-state index in [0.29, 0.717) is 6.10 Å². The normalized spacial score (nSPS) is 23.3. The van der Waals surface area contributed by atoms with E-state index in [4.69, 9.17) is 4.74 Å². The van der Waals surface area contributed by atoms with Crippen LogP contribution in [0.1, 0.15) is 24.8 Å². The lowest BCUT2D eigenvalue weighted by Gasteiger charge is -2.23. The summed E-state index contributed by atoms with van der Waals surface area (Å²) in [5.41, 5.74) is 1.07. The molecular weight excluding hydrogens is 288 g/mol. The summed E-state index contributed by atoms with van der Waals surface area (Å²) in [6, 6.07) is 9.97. The fraction of sp³-hybridized carbons (Fsp3) is 0.526. The molecule has 2 heterocycles. The first-order chi connectivity index (χ1) is 11.3. The molecule has 1 atom stereocenters. The first kappa shape index (κ1) is 16.2. The molecule has 0 spiro atoms. The zero-order chi connectivity index (χ0) is 15.9. The first-order valence-electron chi connectivity index (χ1n) is 8.67. The third-order valence-corrected chi connectivity index (χ3v) is 4.60. The van der Waals surface area contributed by atoms with Crippen molar-refractivity contribution in [1.29, 1.82) is 0 Å². The molecule has 0 bridgehead atoms. The fourth-order valence-corrected chi connectivity index (χ4v) is 3.29. The Kier molecular flexibility index (Phi) is 5.83. The minimum absolute atomic E-state index is 0.118. The summed E-state index contributed by atoms with van der Waals surface area (Å²) in [6.45, 7) is 5.59. The van der Waals surface area contributed by atoms with Crippen molar-refractivity contribution in [2.75, 3.05) is 39.3 Å². The van der Waals surface area contributed by atoms with Gasteiger partial charge in [-0.15, -0.1) is 0 Å². The molecule has 1 unspecified atom stereocenters. The second kappa shape index (κ2) is 8.27. The molecule has 3 rings (SSSR count). The van der Waals surface area contributed by atoms with Gasteiger partial charge in [-0.3, -0.25) is 9.69 Å². The Labute approximate surface area is 138 Å². The van der Waals surface area contributed by atoms with Crippen molar-refractivity contribution >= 4 is 12.0 Å². The molecule has 4 heteroatoms. The predicted molar refractivity (Wildman–Crippen MR) is 92.1 cm³/mol. The van der Waals surface area contributed by atoms with E-state index in [-0.39, 0.29) is 5.91 Å².